The average Bonchev–Trinajstić information content (AvgIpc) is 2.41. The minimum absolute atomic E-state index is 0.240. The lowest BCUT2D eigenvalue weighted by atomic mass is 9.67. The highest BCUT2D eigenvalue weighted by atomic mass is 19.4. The highest BCUT2D eigenvalue weighted by Crippen LogP contribution is 2.40. The lowest BCUT2D eigenvalue weighted by molar-refractivity contribution is -0.274. The first kappa shape index (κ1) is 16.1. The van der Waals surface area contributed by atoms with Crippen molar-refractivity contribution in [3.63, 3.8) is 0 Å². The SMILES string of the molecule is CNC[C@]1(c2ccc(OC(F)(F)F)cc2)CCCC[C@@H]1O. The van der Waals surface area contributed by atoms with Crippen LogP contribution in [0.1, 0.15) is 31.2 Å². The minimum atomic E-state index is -4.69. The minimum Gasteiger partial charge on any atom is -0.406 e. The van der Waals surface area contributed by atoms with Crippen molar-refractivity contribution in [3.05, 3.63) is 29.8 Å². The van der Waals surface area contributed by atoms with Gasteiger partial charge in [0.2, 0.25) is 0 Å². The van der Waals surface area contributed by atoms with Crippen LogP contribution in [0.3, 0.4) is 0 Å². The van der Waals surface area contributed by atoms with Gasteiger partial charge in [-0.3, -0.25) is 0 Å². The Bertz CT molecular complexity index is 457. The second kappa shape index (κ2) is 6.23. The standard InChI is InChI=1S/C15H20F3NO2/c1-19-10-14(9-3-2-4-13(14)20)11-5-7-12(8-6-11)21-15(16,17)18/h5-8,13,19-20H,2-4,9-10H2,1H3/t13-,14-/m0/s1. The Morgan fingerprint density at radius 2 is 1.95 bits per heavy atom. The third kappa shape index (κ3) is 3.68. The molecule has 1 aromatic carbocycles. The van der Waals surface area contributed by atoms with Crippen LogP contribution in [0.5, 0.6) is 5.75 Å². The van der Waals surface area contributed by atoms with E-state index < -0.39 is 17.9 Å². The molecule has 2 rings (SSSR count). The maximum absolute atomic E-state index is 12.2. The van der Waals surface area contributed by atoms with E-state index >= 15 is 0 Å². The van der Waals surface area contributed by atoms with Gasteiger partial charge in [-0.05, 0) is 37.6 Å². The van der Waals surface area contributed by atoms with Gasteiger partial charge in [-0.2, -0.15) is 0 Å². The van der Waals surface area contributed by atoms with Crippen molar-refractivity contribution in [3.8, 4) is 5.75 Å². The fourth-order valence-electron chi connectivity index (χ4n) is 3.17. The maximum atomic E-state index is 12.2. The van der Waals surface area contributed by atoms with E-state index in [1.807, 2.05) is 7.05 Å². The fraction of sp³-hybridized carbons (Fsp3) is 0.600. The Morgan fingerprint density at radius 3 is 2.48 bits per heavy atom. The number of benzene rings is 1. The summed E-state index contributed by atoms with van der Waals surface area (Å²) >= 11 is 0. The van der Waals surface area contributed by atoms with Crippen molar-refractivity contribution in [1.82, 2.24) is 5.32 Å². The van der Waals surface area contributed by atoms with Gasteiger partial charge in [0.15, 0.2) is 0 Å². The molecule has 2 N–H and O–H groups in total. The van der Waals surface area contributed by atoms with Gasteiger partial charge >= 0.3 is 6.36 Å². The second-order valence-electron chi connectivity index (χ2n) is 5.52. The molecule has 6 heteroatoms. The van der Waals surface area contributed by atoms with Crippen LogP contribution in [0.15, 0.2) is 24.3 Å². The Hall–Kier alpha value is -1.27. The molecule has 3 nitrogen and oxygen atoms in total. The zero-order chi connectivity index (χ0) is 15.5. The maximum Gasteiger partial charge on any atom is 0.573 e. The summed E-state index contributed by atoms with van der Waals surface area (Å²) < 4.78 is 40.4. The molecule has 1 fully saturated rings. The molecule has 0 unspecified atom stereocenters. The average molecular weight is 303 g/mol. The molecule has 2 atom stereocenters. The quantitative estimate of drug-likeness (QED) is 0.898. The number of ether oxygens (including phenoxy) is 1. The number of hydrogen-bond acceptors (Lipinski definition) is 3. The van der Waals surface area contributed by atoms with Crippen molar-refractivity contribution < 1.29 is 23.0 Å². The van der Waals surface area contributed by atoms with Crippen molar-refractivity contribution in [2.75, 3.05) is 13.6 Å². The number of halogens is 3. The molecule has 0 spiro atoms. The van der Waals surface area contributed by atoms with Crippen LogP contribution in [0, 0.1) is 0 Å². The van der Waals surface area contributed by atoms with Gasteiger partial charge in [-0.1, -0.05) is 25.0 Å². The predicted octanol–water partition coefficient (Wildman–Crippen LogP) is 2.98. The molecule has 21 heavy (non-hydrogen) atoms. The fourth-order valence-corrected chi connectivity index (χ4v) is 3.17. The molecule has 1 aliphatic carbocycles. The first-order valence-corrected chi connectivity index (χ1v) is 7.06. The molecule has 0 aromatic heterocycles. The lowest BCUT2D eigenvalue weighted by Crippen LogP contribution is -2.48. The van der Waals surface area contributed by atoms with E-state index in [9.17, 15) is 18.3 Å². The van der Waals surface area contributed by atoms with Crippen LogP contribution >= 0.6 is 0 Å². The van der Waals surface area contributed by atoms with E-state index in [1.54, 1.807) is 12.1 Å². The summed E-state index contributed by atoms with van der Waals surface area (Å²) in [6.45, 7) is 0.591. The molecule has 1 aliphatic rings. The Balaban J connectivity index is 2.25. The molecule has 0 saturated heterocycles. The van der Waals surface area contributed by atoms with Crippen LogP contribution in [-0.4, -0.2) is 31.2 Å². The van der Waals surface area contributed by atoms with E-state index in [-0.39, 0.29) is 5.75 Å². The largest absolute Gasteiger partial charge is 0.573 e. The first-order chi connectivity index (χ1) is 9.87. The number of aliphatic hydroxyl groups is 1. The van der Waals surface area contributed by atoms with Crippen molar-refractivity contribution in [2.24, 2.45) is 0 Å². The zero-order valence-electron chi connectivity index (χ0n) is 11.9. The van der Waals surface area contributed by atoms with E-state index in [4.69, 9.17) is 0 Å². The number of hydrogen-bond donors (Lipinski definition) is 2. The normalized spacial score (nSPS) is 26.6. The summed E-state index contributed by atoms with van der Waals surface area (Å²) in [6.07, 6.45) is -1.68. The molecule has 0 bridgehead atoms. The predicted molar refractivity (Wildman–Crippen MR) is 73.2 cm³/mol. The van der Waals surface area contributed by atoms with E-state index in [0.29, 0.717) is 13.0 Å². The first-order valence-electron chi connectivity index (χ1n) is 7.06. The summed E-state index contributed by atoms with van der Waals surface area (Å²) in [5.74, 6) is -0.240. The third-order valence-corrected chi connectivity index (χ3v) is 4.14. The van der Waals surface area contributed by atoms with Gasteiger partial charge in [0.25, 0.3) is 0 Å². The third-order valence-electron chi connectivity index (χ3n) is 4.14. The van der Waals surface area contributed by atoms with Crippen molar-refractivity contribution in [2.45, 2.75) is 43.6 Å². The molecule has 0 radical (unpaired) electrons. The molecule has 118 valence electrons. The summed E-state index contributed by atoms with van der Waals surface area (Å²) in [4.78, 5) is 0. The molecular formula is C15H20F3NO2. The smallest absolute Gasteiger partial charge is 0.406 e. The molecule has 1 saturated carbocycles. The highest BCUT2D eigenvalue weighted by molar-refractivity contribution is 5.34. The van der Waals surface area contributed by atoms with Gasteiger partial charge in [0.05, 0.1) is 6.10 Å². The zero-order valence-corrected chi connectivity index (χ0v) is 11.9. The second-order valence-corrected chi connectivity index (χ2v) is 5.52. The number of nitrogens with one attached hydrogen (secondary N) is 1. The van der Waals surface area contributed by atoms with Crippen molar-refractivity contribution in [1.29, 1.82) is 0 Å². The Labute approximate surface area is 122 Å². The molecule has 1 aromatic rings. The monoisotopic (exact) mass is 303 g/mol. The summed E-state index contributed by atoms with van der Waals surface area (Å²) in [5.41, 5.74) is 0.405. The molecule has 0 amide bonds. The van der Waals surface area contributed by atoms with Crippen LogP contribution < -0.4 is 10.1 Å². The van der Waals surface area contributed by atoms with Gasteiger partial charge in [-0.15, -0.1) is 13.2 Å². The van der Waals surface area contributed by atoms with Gasteiger partial charge in [-0.25, -0.2) is 0 Å². The topological polar surface area (TPSA) is 41.5 Å². The van der Waals surface area contributed by atoms with E-state index in [2.05, 4.69) is 10.1 Å². The van der Waals surface area contributed by atoms with E-state index in [0.717, 1.165) is 24.8 Å². The van der Waals surface area contributed by atoms with Crippen LogP contribution in [-0.2, 0) is 5.41 Å². The molecular weight excluding hydrogens is 283 g/mol. The molecule has 0 aliphatic heterocycles. The number of rotatable bonds is 4. The Morgan fingerprint density at radius 1 is 1.29 bits per heavy atom. The van der Waals surface area contributed by atoms with E-state index in [1.165, 1.54) is 12.1 Å². The lowest BCUT2D eigenvalue weighted by Gasteiger charge is -2.42. The number of likely N-dealkylation sites (N-methyl/N-ethyl adjacent to an activating group) is 1. The van der Waals surface area contributed by atoms with Crippen LogP contribution in [0.2, 0.25) is 0 Å². The number of aliphatic hydroxyl groups excluding tert-OH is 1. The van der Waals surface area contributed by atoms with Gasteiger partial charge in [0.1, 0.15) is 5.75 Å². The summed E-state index contributed by atoms with van der Waals surface area (Å²) in [7, 11) is 1.81. The van der Waals surface area contributed by atoms with Crippen LogP contribution in [0.25, 0.3) is 0 Å². The summed E-state index contributed by atoms with van der Waals surface area (Å²) in [5, 5.41) is 13.5. The van der Waals surface area contributed by atoms with Crippen LogP contribution in [0.4, 0.5) is 13.2 Å². The van der Waals surface area contributed by atoms with Gasteiger partial charge < -0.3 is 15.2 Å². The van der Waals surface area contributed by atoms with Gasteiger partial charge in [0, 0.05) is 12.0 Å². The van der Waals surface area contributed by atoms with Crippen molar-refractivity contribution >= 4 is 0 Å². The summed E-state index contributed by atoms with van der Waals surface area (Å²) in [6, 6.07) is 5.85. The number of alkyl halides is 3. The molecule has 0 heterocycles. The Kier molecular flexibility index (Phi) is 4.78. The highest BCUT2D eigenvalue weighted by Gasteiger charge is 2.41.